The lowest BCUT2D eigenvalue weighted by Gasteiger charge is -2.10. The van der Waals surface area contributed by atoms with Gasteiger partial charge in [0.15, 0.2) is 11.0 Å². The van der Waals surface area contributed by atoms with Crippen molar-refractivity contribution in [2.24, 2.45) is 0 Å². The predicted octanol–water partition coefficient (Wildman–Crippen LogP) is 5.20. The number of carbonyl (C=O) groups is 1. The molecule has 0 aliphatic carbocycles. The molecule has 8 heteroatoms. The average molecular weight is 479 g/mol. The molecule has 1 N–H and O–H groups in total. The maximum Gasteiger partial charge on any atom is 0.230 e. The maximum atomic E-state index is 12.4. The second-order valence-electron chi connectivity index (χ2n) is 7.57. The Bertz CT molecular complexity index is 1190. The van der Waals surface area contributed by atoms with E-state index < -0.39 is 0 Å². The normalized spacial score (nSPS) is 11.0. The predicted molar refractivity (Wildman–Crippen MR) is 134 cm³/mol. The lowest BCUT2D eigenvalue weighted by atomic mass is 10.2. The number of benzene rings is 2. The molecule has 6 nitrogen and oxygen atoms in total. The lowest BCUT2D eigenvalue weighted by Crippen LogP contribution is -2.27. The Balaban J connectivity index is 1.36. The van der Waals surface area contributed by atoms with Crippen molar-refractivity contribution in [3.05, 3.63) is 83.8 Å². The van der Waals surface area contributed by atoms with Gasteiger partial charge < -0.3 is 9.73 Å². The third kappa shape index (κ3) is 6.30. The maximum absolute atomic E-state index is 12.4. The second-order valence-corrected chi connectivity index (χ2v) is 9.68. The van der Waals surface area contributed by atoms with E-state index in [1.165, 1.54) is 22.2 Å². The van der Waals surface area contributed by atoms with Crippen LogP contribution in [0.1, 0.15) is 16.9 Å². The van der Waals surface area contributed by atoms with Gasteiger partial charge in [0.1, 0.15) is 5.76 Å². The monoisotopic (exact) mass is 478 g/mol. The molecule has 33 heavy (non-hydrogen) atoms. The van der Waals surface area contributed by atoms with Gasteiger partial charge in [0.05, 0.1) is 24.1 Å². The van der Waals surface area contributed by atoms with E-state index in [9.17, 15) is 4.79 Å². The van der Waals surface area contributed by atoms with E-state index in [0.717, 1.165) is 28.5 Å². The van der Waals surface area contributed by atoms with Crippen molar-refractivity contribution in [1.29, 1.82) is 0 Å². The van der Waals surface area contributed by atoms with Crippen molar-refractivity contribution in [2.45, 2.75) is 30.4 Å². The Labute approximate surface area is 202 Å². The zero-order valence-corrected chi connectivity index (χ0v) is 20.3. The van der Waals surface area contributed by atoms with E-state index in [1.807, 2.05) is 35.8 Å². The second kappa shape index (κ2) is 11.2. The van der Waals surface area contributed by atoms with Crippen LogP contribution in [0.15, 0.2) is 81.4 Å². The van der Waals surface area contributed by atoms with Crippen molar-refractivity contribution >= 4 is 29.4 Å². The minimum absolute atomic E-state index is 0.0141. The minimum Gasteiger partial charge on any atom is -0.469 e. The van der Waals surface area contributed by atoms with E-state index >= 15 is 0 Å². The highest BCUT2D eigenvalue weighted by Crippen LogP contribution is 2.28. The number of hydrogen-bond acceptors (Lipinski definition) is 6. The molecule has 4 rings (SSSR count). The summed E-state index contributed by atoms with van der Waals surface area (Å²) in [4.78, 5) is 13.6. The summed E-state index contributed by atoms with van der Waals surface area (Å²) >= 11 is 3.13. The van der Waals surface area contributed by atoms with Crippen LogP contribution in [0.5, 0.6) is 0 Å². The molecule has 170 valence electrons. The van der Waals surface area contributed by atoms with Crippen LogP contribution in [0.3, 0.4) is 0 Å². The van der Waals surface area contributed by atoms with Crippen LogP contribution in [0.2, 0.25) is 0 Å². The smallest absolute Gasteiger partial charge is 0.230 e. The Kier molecular flexibility index (Phi) is 7.91. The molecule has 1 amide bonds. The molecule has 0 bridgehead atoms. The molecule has 2 aromatic heterocycles. The number of hydrogen-bond donors (Lipinski definition) is 1. The first-order chi connectivity index (χ1) is 16.1. The van der Waals surface area contributed by atoms with E-state index in [4.69, 9.17) is 4.42 Å². The molecule has 0 fully saturated rings. The molecular weight excluding hydrogens is 452 g/mol. The van der Waals surface area contributed by atoms with Crippen LogP contribution in [-0.2, 0) is 11.3 Å². The highest BCUT2D eigenvalue weighted by Gasteiger charge is 2.18. The zero-order chi connectivity index (χ0) is 23.0. The SMILES string of the molecule is Cc1ccc(SCCNC(=O)CSc2nnc(-c3ccoc3C)n2Cc2ccccc2)cc1. The van der Waals surface area contributed by atoms with Crippen molar-refractivity contribution in [3.8, 4) is 11.4 Å². The summed E-state index contributed by atoms with van der Waals surface area (Å²) in [6.45, 7) is 5.22. The summed E-state index contributed by atoms with van der Waals surface area (Å²) in [7, 11) is 0. The zero-order valence-electron chi connectivity index (χ0n) is 18.7. The molecular formula is C25H26N4O2S2. The van der Waals surface area contributed by atoms with E-state index in [0.29, 0.717) is 18.2 Å². The number of aromatic nitrogens is 3. The van der Waals surface area contributed by atoms with Gasteiger partial charge in [0.2, 0.25) is 5.91 Å². The molecule has 0 unspecified atom stereocenters. The number of furan rings is 1. The number of nitrogens with zero attached hydrogens (tertiary/aromatic N) is 3. The van der Waals surface area contributed by atoms with E-state index in [-0.39, 0.29) is 11.7 Å². The number of carbonyl (C=O) groups excluding carboxylic acids is 1. The summed E-state index contributed by atoms with van der Waals surface area (Å²) in [6.07, 6.45) is 1.65. The number of rotatable bonds is 10. The fraction of sp³-hybridized carbons (Fsp3) is 0.240. The van der Waals surface area contributed by atoms with Gasteiger partial charge in [-0.2, -0.15) is 0 Å². The number of amides is 1. The Morgan fingerprint density at radius 1 is 1.00 bits per heavy atom. The largest absolute Gasteiger partial charge is 0.469 e. The third-order valence-electron chi connectivity index (χ3n) is 5.05. The number of aryl methyl sites for hydroxylation is 2. The van der Waals surface area contributed by atoms with Gasteiger partial charge in [0.25, 0.3) is 0 Å². The molecule has 0 spiro atoms. The quantitative estimate of drug-likeness (QED) is 0.249. The fourth-order valence-electron chi connectivity index (χ4n) is 3.30. The molecule has 4 aromatic rings. The van der Waals surface area contributed by atoms with Gasteiger partial charge in [-0.15, -0.1) is 22.0 Å². The molecule has 2 aromatic carbocycles. The van der Waals surface area contributed by atoms with Crippen LogP contribution >= 0.6 is 23.5 Å². The molecule has 0 saturated carbocycles. The summed E-state index contributed by atoms with van der Waals surface area (Å²) < 4.78 is 7.51. The molecule has 0 aliphatic rings. The van der Waals surface area contributed by atoms with Crippen LogP contribution in [-0.4, -0.2) is 38.7 Å². The summed E-state index contributed by atoms with van der Waals surface area (Å²) in [6, 6.07) is 20.5. The Morgan fingerprint density at radius 2 is 1.79 bits per heavy atom. The standard InChI is InChI=1S/C25H26N4O2S2/c1-18-8-10-21(11-9-18)32-15-13-26-23(30)17-33-25-28-27-24(22-12-14-31-19(22)2)29(25)16-20-6-4-3-5-7-20/h3-12,14H,13,15-17H2,1-2H3,(H,26,30). The van der Waals surface area contributed by atoms with Gasteiger partial charge in [-0.25, -0.2) is 0 Å². The van der Waals surface area contributed by atoms with Crippen LogP contribution in [0.4, 0.5) is 0 Å². The Morgan fingerprint density at radius 3 is 2.52 bits per heavy atom. The van der Waals surface area contributed by atoms with Gasteiger partial charge >= 0.3 is 0 Å². The first-order valence-corrected chi connectivity index (χ1v) is 12.7. The fourth-order valence-corrected chi connectivity index (χ4v) is 4.83. The van der Waals surface area contributed by atoms with Crippen molar-refractivity contribution in [3.63, 3.8) is 0 Å². The van der Waals surface area contributed by atoms with Crippen molar-refractivity contribution in [1.82, 2.24) is 20.1 Å². The van der Waals surface area contributed by atoms with Crippen molar-refractivity contribution in [2.75, 3.05) is 18.1 Å². The molecule has 0 aliphatic heterocycles. The number of nitrogens with one attached hydrogen (secondary N) is 1. The van der Waals surface area contributed by atoms with E-state index in [1.54, 1.807) is 18.0 Å². The minimum atomic E-state index is -0.0141. The van der Waals surface area contributed by atoms with Crippen LogP contribution in [0.25, 0.3) is 11.4 Å². The van der Waals surface area contributed by atoms with Gasteiger partial charge in [0, 0.05) is 17.2 Å². The third-order valence-corrected chi connectivity index (χ3v) is 7.03. The average Bonchev–Trinajstić information content (AvgIpc) is 3.42. The van der Waals surface area contributed by atoms with Gasteiger partial charge in [-0.1, -0.05) is 59.8 Å². The number of thioether (sulfide) groups is 2. The molecule has 0 saturated heterocycles. The van der Waals surface area contributed by atoms with Crippen molar-refractivity contribution < 1.29 is 9.21 Å². The lowest BCUT2D eigenvalue weighted by molar-refractivity contribution is -0.118. The summed E-state index contributed by atoms with van der Waals surface area (Å²) in [5.74, 6) is 2.62. The van der Waals surface area contributed by atoms with Crippen LogP contribution in [0, 0.1) is 13.8 Å². The molecule has 0 radical (unpaired) electrons. The van der Waals surface area contributed by atoms with Gasteiger partial charge in [-0.3, -0.25) is 9.36 Å². The van der Waals surface area contributed by atoms with E-state index in [2.05, 4.69) is 58.8 Å². The summed E-state index contributed by atoms with van der Waals surface area (Å²) in [5.41, 5.74) is 3.29. The Hall–Kier alpha value is -2.97. The topological polar surface area (TPSA) is 73.0 Å². The van der Waals surface area contributed by atoms with Gasteiger partial charge in [-0.05, 0) is 37.6 Å². The summed E-state index contributed by atoms with van der Waals surface area (Å²) in [5, 5.41) is 12.5. The first kappa shape index (κ1) is 23.2. The molecule has 2 heterocycles. The highest BCUT2D eigenvalue weighted by molar-refractivity contribution is 7.99. The first-order valence-electron chi connectivity index (χ1n) is 10.7. The van der Waals surface area contributed by atoms with Crippen LogP contribution < -0.4 is 5.32 Å². The highest BCUT2D eigenvalue weighted by atomic mass is 32.2. The molecule has 0 atom stereocenters.